The number of rotatable bonds is 6. The van der Waals surface area contributed by atoms with Crippen LogP contribution >= 0.6 is 0 Å². The molecule has 1 heterocycles. The van der Waals surface area contributed by atoms with Gasteiger partial charge in [0.25, 0.3) is 0 Å². The van der Waals surface area contributed by atoms with Crippen LogP contribution in [0, 0.1) is 0 Å². The number of hydrogen-bond donors (Lipinski definition) is 1. The normalized spacial score (nSPS) is 12.0. The molecule has 0 aliphatic heterocycles. The molecule has 1 N–H and O–H groups in total. The first-order chi connectivity index (χ1) is 7.47. The molecule has 0 aliphatic rings. The molecule has 5 nitrogen and oxygen atoms in total. The van der Waals surface area contributed by atoms with Gasteiger partial charge in [0.1, 0.15) is 6.33 Å². The van der Waals surface area contributed by atoms with Gasteiger partial charge in [-0.15, -0.1) is 0 Å². The van der Waals surface area contributed by atoms with Crippen molar-refractivity contribution in [3.63, 3.8) is 0 Å². The zero-order valence-corrected chi connectivity index (χ0v) is 10.7. The van der Waals surface area contributed by atoms with Gasteiger partial charge >= 0.3 is 0 Å². The van der Waals surface area contributed by atoms with Crippen molar-refractivity contribution < 1.29 is 4.74 Å². The van der Waals surface area contributed by atoms with Crippen LogP contribution in [0.3, 0.4) is 0 Å². The van der Waals surface area contributed by atoms with E-state index in [0.717, 1.165) is 31.9 Å². The summed E-state index contributed by atoms with van der Waals surface area (Å²) in [5.74, 6) is 0.881. The topological polar surface area (TPSA) is 52.0 Å². The predicted molar refractivity (Wildman–Crippen MR) is 63.3 cm³/mol. The van der Waals surface area contributed by atoms with Crippen LogP contribution in [0.1, 0.15) is 26.6 Å². The van der Waals surface area contributed by atoms with Crippen LogP contribution < -0.4 is 5.32 Å². The van der Waals surface area contributed by atoms with E-state index in [2.05, 4.69) is 36.2 Å². The molecule has 0 bridgehead atoms. The minimum absolute atomic E-state index is 0.0514. The molecule has 0 spiro atoms. The molecular weight excluding hydrogens is 204 g/mol. The lowest BCUT2D eigenvalue weighted by Gasteiger charge is -2.19. The van der Waals surface area contributed by atoms with Gasteiger partial charge in [0.05, 0.1) is 12.2 Å². The van der Waals surface area contributed by atoms with Crippen molar-refractivity contribution in [1.82, 2.24) is 20.1 Å². The summed E-state index contributed by atoms with van der Waals surface area (Å²) in [6.45, 7) is 8.67. The van der Waals surface area contributed by atoms with E-state index in [1.165, 1.54) is 0 Å². The van der Waals surface area contributed by atoms with Gasteiger partial charge in [-0.3, -0.25) is 4.68 Å². The quantitative estimate of drug-likeness (QED) is 0.728. The summed E-state index contributed by atoms with van der Waals surface area (Å²) in [5, 5.41) is 7.50. The van der Waals surface area contributed by atoms with Gasteiger partial charge in [0, 0.05) is 26.6 Å². The zero-order chi connectivity index (χ0) is 12.0. The van der Waals surface area contributed by atoms with Gasteiger partial charge in [0.15, 0.2) is 5.82 Å². The second kappa shape index (κ2) is 5.96. The number of aryl methyl sites for hydroxylation is 1. The highest BCUT2D eigenvalue weighted by Crippen LogP contribution is 2.04. The molecule has 0 atom stereocenters. The van der Waals surface area contributed by atoms with E-state index < -0.39 is 0 Å². The van der Waals surface area contributed by atoms with Crippen molar-refractivity contribution in [2.24, 2.45) is 7.05 Å². The summed E-state index contributed by atoms with van der Waals surface area (Å²) in [7, 11) is 1.88. The average molecular weight is 226 g/mol. The van der Waals surface area contributed by atoms with Crippen molar-refractivity contribution >= 4 is 0 Å². The molecule has 5 heteroatoms. The van der Waals surface area contributed by atoms with E-state index in [1.54, 1.807) is 11.0 Å². The van der Waals surface area contributed by atoms with E-state index in [0.29, 0.717) is 0 Å². The second-order valence-electron chi connectivity index (χ2n) is 4.80. The van der Waals surface area contributed by atoms with Crippen LogP contribution in [0.15, 0.2) is 6.33 Å². The van der Waals surface area contributed by atoms with Crippen LogP contribution in [0.25, 0.3) is 0 Å². The third kappa shape index (κ3) is 5.82. The van der Waals surface area contributed by atoms with Gasteiger partial charge in [-0.05, 0) is 20.8 Å². The van der Waals surface area contributed by atoms with Crippen LogP contribution in [-0.4, -0.2) is 40.1 Å². The van der Waals surface area contributed by atoms with E-state index in [-0.39, 0.29) is 5.60 Å². The highest BCUT2D eigenvalue weighted by Gasteiger charge is 2.08. The van der Waals surface area contributed by atoms with Gasteiger partial charge in [-0.2, -0.15) is 5.10 Å². The Morgan fingerprint density at radius 3 is 2.69 bits per heavy atom. The van der Waals surface area contributed by atoms with E-state index in [4.69, 9.17) is 4.74 Å². The predicted octanol–water partition coefficient (Wildman–Crippen LogP) is 0.762. The molecule has 0 unspecified atom stereocenters. The largest absolute Gasteiger partial charge is 0.375 e. The van der Waals surface area contributed by atoms with Crippen LogP contribution in [0.2, 0.25) is 0 Å². The standard InChI is InChI=1S/C11H22N4O/c1-11(2,3)16-8-7-12-6-5-10-13-9-15(4)14-10/h9,12H,5-8H2,1-4H3. The third-order valence-electron chi connectivity index (χ3n) is 1.99. The summed E-state index contributed by atoms with van der Waals surface area (Å²) >= 11 is 0. The summed E-state index contributed by atoms with van der Waals surface area (Å²) < 4.78 is 7.31. The lowest BCUT2D eigenvalue weighted by Crippen LogP contribution is -2.27. The molecule has 0 fully saturated rings. The Bertz CT molecular complexity index is 303. The Morgan fingerprint density at radius 1 is 1.38 bits per heavy atom. The van der Waals surface area contributed by atoms with Crippen LogP contribution in [0.5, 0.6) is 0 Å². The van der Waals surface area contributed by atoms with E-state index >= 15 is 0 Å². The minimum atomic E-state index is -0.0514. The molecule has 1 aromatic heterocycles. The molecule has 16 heavy (non-hydrogen) atoms. The molecule has 0 saturated heterocycles. The monoisotopic (exact) mass is 226 g/mol. The number of ether oxygens (including phenoxy) is 1. The Labute approximate surface area is 97.2 Å². The molecule has 1 aromatic rings. The molecular formula is C11H22N4O. The minimum Gasteiger partial charge on any atom is -0.375 e. The average Bonchev–Trinajstić information content (AvgIpc) is 2.56. The molecule has 0 aromatic carbocycles. The van der Waals surface area contributed by atoms with Crippen LogP contribution in [-0.2, 0) is 18.2 Å². The zero-order valence-electron chi connectivity index (χ0n) is 10.7. The fraction of sp³-hybridized carbons (Fsp3) is 0.818. The Balaban J connectivity index is 2.00. The highest BCUT2D eigenvalue weighted by atomic mass is 16.5. The van der Waals surface area contributed by atoms with Crippen molar-refractivity contribution in [1.29, 1.82) is 0 Å². The maximum absolute atomic E-state index is 5.59. The molecule has 0 saturated carbocycles. The van der Waals surface area contributed by atoms with E-state index in [9.17, 15) is 0 Å². The Hall–Kier alpha value is -0.940. The first-order valence-corrected chi connectivity index (χ1v) is 5.66. The maximum atomic E-state index is 5.59. The van der Waals surface area contributed by atoms with Gasteiger partial charge < -0.3 is 10.1 Å². The van der Waals surface area contributed by atoms with E-state index in [1.807, 2.05) is 7.05 Å². The molecule has 0 amide bonds. The first-order valence-electron chi connectivity index (χ1n) is 5.66. The fourth-order valence-corrected chi connectivity index (χ4v) is 1.25. The van der Waals surface area contributed by atoms with Gasteiger partial charge in [-0.25, -0.2) is 4.98 Å². The van der Waals surface area contributed by atoms with Gasteiger partial charge in [-0.1, -0.05) is 0 Å². The second-order valence-corrected chi connectivity index (χ2v) is 4.80. The van der Waals surface area contributed by atoms with Crippen molar-refractivity contribution in [2.45, 2.75) is 32.8 Å². The Kier molecular flexibility index (Phi) is 4.89. The van der Waals surface area contributed by atoms with Crippen molar-refractivity contribution in [3.05, 3.63) is 12.2 Å². The van der Waals surface area contributed by atoms with Crippen LogP contribution in [0.4, 0.5) is 0 Å². The summed E-state index contributed by atoms with van der Waals surface area (Å²) in [6, 6.07) is 0. The number of hydrogen-bond acceptors (Lipinski definition) is 4. The number of nitrogens with one attached hydrogen (secondary N) is 1. The smallest absolute Gasteiger partial charge is 0.151 e. The molecule has 92 valence electrons. The summed E-state index contributed by atoms with van der Waals surface area (Å²) in [5.41, 5.74) is -0.0514. The highest BCUT2D eigenvalue weighted by molar-refractivity contribution is 4.81. The van der Waals surface area contributed by atoms with Crippen molar-refractivity contribution in [2.75, 3.05) is 19.7 Å². The molecule has 0 aliphatic carbocycles. The Morgan fingerprint density at radius 2 is 2.12 bits per heavy atom. The third-order valence-corrected chi connectivity index (χ3v) is 1.99. The number of nitrogens with zero attached hydrogens (tertiary/aromatic N) is 3. The lowest BCUT2D eigenvalue weighted by atomic mass is 10.2. The summed E-state index contributed by atoms with van der Waals surface area (Å²) in [6.07, 6.45) is 2.58. The fourth-order valence-electron chi connectivity index (χ4n) is 1.25. The van der Waals surface area contributed by atoms with Crippen molar-refractivity contribution in [3.8, 4) is 0 Å². The van der Waals surface area contributed by atoms with Gasteiger partial charge in [0.2, 0.25) is 0 Å². The lowest BCUT2D eigenvalue weighted by molar-refractivity contribution is -0.000720. The first kappa shape index (κ1) is 13.1. The maximum Gasteiger partial charge on any atom is 0.151 e. The molecule has 0 radical (unpaired) electrons. The molecule has 1 rings (SSSR count). The SMILES string of the molecule is Cn1cnc(CCNCCOC(C)(C)C)n1. The summed E-state index contributed by atoms with van der Waals surface area (Å²) in [4.78, 5) is 4.15. The number of aromatic nitrogens is 3.